The Bertz CT molecular complexity index is 624. The molecule has 1 heterocycles. The van der Waals surface area contributed by atoms with Crippen LogP contribution in [0.3, 0.4) is 0 Å². The van der Waals surface area contributed by atoms with Gasteiger partial charge in [0, 0.05) is 17.7 Å². The van der Waals surface area contributed by atoms with Crippen molar-refractivity contribution in [3.8, 4) is 11.3 Å². The summed E-state index contributed by atoms with van der Waals surface area (Å²) >= 11 is 0. The van der Waals surface area contributed by atoms with Crippen molar-refractivity contribution in [2.24, 2.45) is 13.0 Å². The zero-order chi connectivity index (χ0) is 15.6. The number of pyridine rings is 1. The van der Waals surface area contributed by atoms with Crippen LogP contribution in [-0.2, 0) is 13.5 Å². The van der Waals surface area contributed by atoms with Crippen LogP contribution in [0.5, 0.6) is 0 Å². The Balaban J connectivity index is 2.45. The van der Waals surface area contributed by atoms with Gasteiger partial charge in [0.2, 0.25) is 5.69 Å². The number of hydrogen-bond donors (Lipinski definition) is 0. The fourth-order valence-corrected chi connectivity index (χ4v) is 2.81. The van der Waals surface area contributed by atoms with Crippen molar-refractivity contribution in [2.75, 3.05) is 0 Å². The molecule has 0 aliphatic heterocycles. The van der Waals surface area contributed by atoms with Crippen molar-refractivity contribution in [3.63, 3.8) is 0 Å². The lowest BCUT2D eigenvalue weighted by atomic mass is 9.95. The Kier molecular flexibility index (Phi) is 4.82. The van der Waals surface area contributed by atoms with Gasteiger partial charge in [-0.05, 0) is 47.9 Å². The van der Waals surface area contributed by atoms with Crippen LogP contribution in [0.4, 0.5) is 0 Å². The molecule has 1 heteroatoms. The van der Waals surface area contributed by atoms with E-state index in [0.717, 1.165) is 6.42 Å². The second-order valence-corrected chi connectivity index (χ2v) is 6.86. The Hall–Kier alpha value is -1.63. The standard InChI is InChI=1S/C20H28N/c1-14(2)11-17-9-10-21(6)20(13-17)19-8-7-18(15(3)4)12-16(19)5/h7-10,12-15H,11H2,1-6H3/q+1. The quantitative estimate of drug-likeness (QED) is 0.709. The fourth-order valence-electron chi connectivity index (χ4n) is 2.81. The lowest BCUT2D eigenvalue weighted by molar-refractivity contribution is -0.660. The monoisotopic (exact) mass is 282 g/mol. The number of aromatic nitrogens is 1. The maximum Gasteiger partial charge on any atom is 0.212 e. The van der Waals surface area contributed by atoms with Crippen LogP contribution in [0.2, 0.25) is 0 Å². The van der Waals surface area contributed by atoms with E-state index < -0.39 is 0 Å². The van der Waals surface area contributed by atoms with Crippen LogP contribution in [0.15, 0.2) is 36.5 Å². The van der Waals surface area contributed by atoms with E-state index in [0.29, 0.717) is 11.8 Å². The molecule has 1 nitrogen and oxygen atoms in total. The molecule has 0 N–H and O–H groups in total. The highest BCUT2D eigenvalue weighted by atomic mass is 14.9. The van der Waals surface area contributed by atoms with Crippen molar-refractivity contribution in [2.45, 2.75) is 47.0 Å². The second kappa shape index (κ2) is 6.43. The van der Waals surface area contributed by atoms with Gasteiger partial charge in [-0.25, -0.2) is 4.57 Å². The molecule has 0 atom stereocenters. The van der Waals surface area contributed by atoms with Gasteiger partial charge in [-0.15, -0.1) is 0 Å². The largest absolute Gasteiger partial charge is 0.212 e. The van der Waals surface area contributed by atoms with Crippen molar-refractivity contribution in [1.29, 1.82) is 0 Å². The van der Waals surface area contributed by atoms with Crippen LogP contribution in [0, 0.1) is 12.8 Å². The number of benzene rings is 1. The van der Waals surface area contributed by atoms with E-state index in [4.69, 9.17) is 0 Å². The highest BCUT2D eigenvalue weighted by molar-refractivity contribution is 5.62. The Morgan fingerprint density at radius 3 is 2.29 bits per heavy atom. The number of hydrogen-bond acceptors (Lipinski definition) is 0. The van der Waals surface area contributed by atoms with Crippen LogP contribution >= 0.6 is 0 Å². The Morgan fingerprint density at radius 2 is 1.71 bits per heavy atom. The molecule has 0 saturated carbocycles. The topological polar surface area (TPSA) is 3.88 Å². The van der Waals surface area contributed by atoms with E-state index >= 15 is 0 Å². The molecule has 1 aromatic carbocycles. The molecule has 112 valence electrons. The van der Waals surface area contributed by atoms with Gasteiger partial charge in [0.1, 0.15) is 7.05 Å². The van der Waals surface area contributed by atoms with Gasteiger partial charge in [0.05, 0.1) is 0 Å². The SMILES string of the molecule is Cc1cc(C(C)C)ccc1-c1cc(CC(C)C)cc[n+]1C. The van der Waals surface area contributed by atoms with Crippen molar-refractivity contribution in [1.82, 2.24) is 0 Å². The molecular formula is C20H28N+. The summed E-state index contributed by atoms with van der Waals surface area (Å²) in [5.74, 6) is 1.27. The molecule has 21 heavy (non-hydrogen) atoms. The van der Waals surface area contributed by atoms with Gasteiger partial charge in [0.15, 0.2) is 6.20 Å². The average molecular weight is 282 g/mol. The summed E-state index contributed by atoms with van der Waals surface area (Å²) in [5, 5.41) is 0. The Labute approximate surface area is 129 Å². The molecule has 0 bridgehead atoms. The fraction of sp³-hybridized carbons (Fsp3) is 0.450. The predicted octanol–water partition coefficient (Wildman–Crippen LogP) is 4.81. The van der Waals surface area contributed by atoms with Crippen molar-refractivity contribution in [3.05, 3.63) is 53.2 Å². The molecule has 0 spiro atoms. The minimum absolute atomic E-state index is 0.582. The van der Waals surface area contributed by atoms with E-state index in [2.05, 4.69) is 82.8 Å². The first-order valence-corrected chi connectivity index (χ1v) is 7.98. The molecule has 0 aliphatic carbocycles. The van der Waals surface area contributed by atoms with Gasteiger partial charge < -0.3 is 0 Å². The smallest absolute Gasteiger partial charge is 0.201 e. The van der Waals surface area contributed by atoms with E-state index in [9.17, 15) is 0 Å². The maximum absolute atomic E-state index is 2.34. The third-order valence-corrected chi connectivity index (χ3v) is 4.05. The third kappa shape index (κ3) is 3.72. The molecule has 0 amide bonds. The summed E-state index contributed by atoms with van der Waals surface area (Å²) in [6, 6.07) is 11.5. The summed E-state index contributed by atoms with van der Waals surface area (Å²) in [4.78, 5) is 0. The lowest BCUT2D eigenvalue weighted by Crippen LogP contribution is -2.30. The maximum atomic E-state index is 2.34. The highest BCUT2D eigenvalue weighted by Crippen LogP contribution is 2.25. The number of nitrogens with zero attached hydrogens (tertiary/aromatic N) is 1. The van der Waals surface area contributed by atoms with Crippen LogP contribution in [-0.4, -0.2) is 0 Å². The first kappa shape index (κ1) is 15.8. The second-order valence-electron chi connectivity index (χ2n) is 6.86. The van der Waals surface area contributed by atoms with Crippen LogP contribution in [0.25, 0.3) is 11.3 Å². The zero-order valence-electron chi connectivity index (χ0n) is 14.3. The number of rotatable bonds is 4. The molecule has 2 rings (SSSR count). The van der Waals surface area contributed by atoms with Gasteiger partial charge in [0.25, 0.3) is 0 Å². The minimum atomic E-state index is 0.582. The van der Waals surface area contributed by atoms with Gasteiger partial charge in [-0.1, -0.05) is 39.8 Å². The Morgan fingerprint density at radius 1 is 1.00 bits per heavy atom. The first-order chi connectivity index (χ1) is 9.88. The van der Waals surface area contributed by atoms with Gasteiger partial charge in [-0.3, -0.25) is 0 Å². The summed E-state index contributed by atoms with van der Waals surface area (Å²) in [7, 11) is 2.13. The molecule has 1 aromatic heterocycles. The van der Waals surface area contributed by atoms with Crippen molar-refractivity contribution >= 4 is 0 Å². The van der Waals surface area contributed by atoms with E-state index in [-0.39, 0.29) is 0 Å². The minimum Gasteiger partial charge on any atom is -0.201 e. The third-order valence-electron chi connectivity index (χ3n) is 4.05. The summed E-state index contributed by atoms with van der Waals surface area (Å²) in [6.07, 6.45) is 3.32. The van der Waals surface area contributed by atoms with E-state index in [1.165, 1.54) is 27.9 Å². The summed E-state index contributed by atoms with van der Waals surface area (Å²) in [6.45, 7) is 11.3. The molecule has 2 aromatic rings. The lowest BCUT2D eigenvalue weighted by Gasteiger charge is -2.11. The first-order valence-electron chi connectivity index (χ1n) is 7.98. The zero-order valence-corrected chi connectivity index (χ0v) is 14.3. The molecule has 0 fully saturated rings. The average Bonchev–Trinajstić information content (AvgIpc) is 2.40. The van der Waals surface area contributed by atoms with Crippen LogP contribution < -0.4 is 4.57 Å². The van der Waals surface area contributed by atoms with E-state index in [1.54, 1.807) is 0 Å². The predicted molar refractivity (Wildman–Crippen MR) is 90.4 cm³/mol. The normalized spacial score (nSPS) is 11.4. The number of aryl methyl sites for hydroxylation is 2. The van der Waals surface area contributed by atoms with Crippen LogP contribution in [0.1, 0.15) is 50.3 Å². The molecular weight excluding hydrogens is 254 g/mol. The summed E-state index contributed by atoms with van der Waals surface area (Å²) < 4.78 is 2.22. The highest BCUT2D eigenvalue weighted by Gasteiger charge is 2.14. The molecule has 0 radical (unpaired) electrons. The summed E-state index contributed by atoms with van der Waals surface area (Å²) in [5.41, 5.74) is 6.84. The molecule has 0 saturated heterocycles. The molecule has 0 unspecified atom stereocenters. The molecule has 0 aliphatic rings. The van der Waals surface area contributed by atoms with E-state index in [1.807, 2.05) is 0 Å². The van der Waals surface area contributed by atoms with Crippen molar-refractivity contribution < 1.29 is 4.57 Å². The van der Waals surface area contributed by atoms with Gasteiger partial charge >= 0.3 is 0 Å². The van der Waals surface area contributed by atoms with Gasteiger partial charge in [-0.2, -0.15) is 0 Å².